The first-order chi connectivity index (χ1) is 6.71. The summed E-state index contributed by atoms with van der Waals surface area (Å²) >= 11 is 0. The molecule has 0 saturated carbocycles. The minimum Gasteiger partial charge on any atom is -0.303 e. The zero-order valence-corrected chi connectivity index (χ0v) is 11.1. The molecule has 15 heavy (non-hydrogen) atoms. The summed E-state index contributed by atoms with van der Waals surface area (Å²) in [5.74, 6) is 0. The smallest absolute Gasteiger partial charge is 0.276 e. The van der Waals surface area contributed by atoms with Crippen LogP contribution in [0.2, 0.25) is 0 Å². The largest absolute Gasteiger partial charge is 0.303 e. The molecule has 0 aliphatic carbocycles. The average molecular weight is 237 g/mol. The van der Waals surface area contributed by atoms with Crippen LogP contribution in [0.4, 0.5) is 0 Å². The first kappa shape index (κ1) is 14.8. The monoisotopic (exact) mass is 237 g/mol. The highest BCUT2D eigenvalue weighted by molar-refractivity contribution is 7.87. The van der Waals surface area contributed by atoms with Gasteiger partial charge in [-0.15, -0.1) is 0 Å². The standard InChI is InChI=1S/C9H23N3O2S/c1-6-7-10-15(13,14)11-8-9(2,3)12(4)5/h10-11H,6-8H2,1-5H3. The summed E-state index contributed by atoms with van der Waals surface area (Å²) in [5, 5.41) is 0. The lowest BCUT2D eigenvalue weighted by molar-refractivity contribution is 0.198. The van der Waals surface area contributed by atoms with E-state index in [0.29, 0.717) is 13.1 Å². The van der Waals surface area contributed by atoms with Gasteiger partial charge in [0.05, 0.1) is 0 Å². The molecular formula is C9H23N3O2S. The van der Waals surface area contributed by atoms with Crippen LogP contribution in [0.15, 0.2) is 0 Å². The van der Waals surface area contributed by atoms with E-state index in [9.17, 15) is 8.42 Å². The number of nitrogens with one attached hydrogen (secondary N) is 2. The number of hydrogen-bond acceptors (Lipinski definition) is 3. The van der Waals surface area contributed by atoms with Crippen LogP contribution in [0, 0.1) is 0 Å². The predicted octanol–water partition coefficient (Wildman–Crippen LogP) is 0.161. The van der Waals surface area contributed by atoms with E-state index in [-0.39, 0.29) is 5.54 Å². The van der Waals surface area contributed by atoms with E-state index in [2.05, 4.69) is 9.44 Å². The van der Waals surface area contributed by atoms with Gasteiger partial charge < -0.3 is 4.90 Å². The van der Waals surface area contributed by atoms with Crippen molar-refractivity contribution in [2.45, 2.75) is 32.7 Å². The summed E-state index contributed by atoms with van der Waals surface area (Å²) in [7, 11) is 0.512. The number of likely N-dealkylation sites (N-methyl/N-ethyl adjacent to an activating group) is 1. The summed E-state index contributed by atoms with van der Waals surface area (Å²) in [5.41, 5.74) is -0.193. The van der Waals surface area contributed by atoms with Crippen LogP contribution < -0.4 is 9.44 Å². The molecular weight excluding hydrogens is 214 g/mol. The molecule has 5 nitrogen and oxygen atoms in total. The fraction of sp³-hybridized carbons (Fsp3) is 1.00. The lowest BCUT2D eigenvalue weighted by atomic mass is 10.1. The van der Waals surface area contributed by atoms with Crippen LogP contribution in [0.3, 0.4) is 0 Å². The summed E-state index contributed by atoms with van der Waals surface area (Å²) < 4.78 is 27.8. The van der Waals surface area contributed by atoms with Crippen LogP contribution in [0.1, 0.15) is 27.2 Å². The number of hydrogen-bond donors (Lipinski definition) is 2. The Labute approximate surface area is 93.4 Å². The topological polar surface area (TPSA) is 61.4 Å². The molecule has 0 aliphatic heterocycles. The molecule has 92 valence electrons. The second-order valence-electron chi connectivity index (χ2n) is 4.43. The van der Waals surface area contributed by atoms with Gasteiger partial charge >= 0.3 is 0 Å². The van der Waals surface area contributed by atoms with E-state index >= 15 is 0 Å². The molecule has 0 amide bonds. The molecule has 2 N–H and O–H groups in total. The van der Waals surface area contributed by atoms with Gasteiger partial charge in [-0.3, -0.25) is 0 Å². The van der Waals surface area contributed by atoms with Crippen LogP contribution in [0.5, 0.6) is 0 Å². The maximum atomic E-state index is 11.4. The fourth-order valence-electron chi connectivity index (χ4n) is 0.717. The zero-order chi connectivity index (χ0) is 12.1. The molecule has 0 heterocycles. The normalized spacial score (nSPS) is 13.5. The van der Waals surface area contributed by atoms with Gasteiger partial charge in [0.25, 0.3) is 10.2 Å². The van der Waals surface area contributed by atoms with E-state index in [4.69, 9.17) is 0 Å². The third kappa shape index (κ3) is 6.09. The first-order valence-electron chi connectivity index (χ1n) is 5.13. The SMILES string of the molecule is CCCNS(=O)(=O)NCC(C)(C)N(C)C. The summed E-state index contributed by atoms with van der Waals surface area (Å²) in [6.45, 7) is 6.74. The van der Waals surface area contributed by atoms with Crippen LogP contribution in [0.25, 0.3) is 0 Å². The molecule has 0 aromatic heterocycles. The second kappa shape index (κ2) is 5.79. The summed E-state index contributed by atoms with van der Waals surface area (Å²) in [4.78, 5) is 1.98. The Kier molecular flexibility index (Phi) is 5.72. The Morgan fingerprint density at radius 1 is 1.20 bits per heavy atom. The van der Waals surface area contributed by atoms with Crippen molar-refractivity contribution in [3.8, 4) is 0 Å². The van der Waals surface area contributed by atoms with Crippen LogP contribution >= 0.6 is 0 Å². The van der Waals surface area contributed by atoms with Gasteiger partial charge in [0, 0.05) is 18.6 Å². The van der Waals surface area contributed by atoms with Crippen LogP contribution in [-0.4, -0.2) is 46.0 Å². The number of rotatable bonds is 7. The minimum atomic E-state index is -3.34. The van der Waals surface area contributed by atoms with E-state index in [1.807, 2.05) is 39.8 Å². The predicted molar refractivity (Wildman–Crippen MR) is 63.0 cm³/mol. The fourth-order valence-corrected chi connectivity index (χ4v) is 1.84. The highest BCUT2D eigenvalue weighted by Crippen LogP contribution is 2.07. The van der Waals surface area contributed by atoms with Crippen molar-refractivity contribution in [1.82, 2.24) is 14.3 Å². The van der Waals surface area contributed by atoms with Crippen molar-refractivity contribution in [2.24, 2.45) is 0 Å². The molecule has 0 rings (SSSR count). The average Bonchev–Trinajstić information content (AvgIpc) is 2.12. The molecule has 6 heteroatoms. The Balaban J connectivity index is 4.15. The van der Waals surface area contributed by atoms with Crippen molar-refractivity contribution >= 4 is 10.2 Å². The maximum Gasteiger partial charge on any atom is 0.276 e. The molecule has 0 saturated heterocycles. The lowest BCUT2D eigenvalue weighted by Crippen LogP contribution is -2.50. The number of nitrogens with zero attached hydrogens (tertiary/aromatic N) is 1. The van der Waals surface area contributed by atoms with E-state index in [1.165, 1.54) is 0 Å². The van der Waals surface area contributed by atoms with Crippen molar-refractivity contribution in [2.75, 3.05) is 27.2 Å². The summed E-state index contributed by atoms with van der Waals surface area (Å²) in [6.07, 6.45) is 0.790. The molecule has 0 aromatic carbocycles. The van der Waals surface area contributed by atoms with Gasteiger partial charge in [0.1, 0.15) is 0 Å². The van der Waals surface area contributed by atoms with Gasteiger partial charge in [0.2, 0.25) is 0 Å². The van der Waals surface area contributed by atoms with E-state index in [1.54, 1.807) is 0 Å². The van der Waals surface area contributed by atoms with Gasteiger partial charge in [-0.05, 0) is 34.4 Å². The van der Waals surface area contributed by atoms with Crippen LogP contribution in [-0.2, 0) is 10.2 Å². The van der Waals surface area contributed by atoms with Crippen molar-refractivity contribution in [3.05, 3.63) is 0 Å². The highest BCUT2D eigenvalue weighted by atomic mass is 32.2. The zero-order valence-electron chi connectivity index (χ0n) is 10.3. The van der Waals surface area contributed by atoms with E-state index < -0.39 is 10.2 Å². The Bertz CT molecular complexity index is 273. The van der Waals surface area contributed by atoms with Gasteiger partial charge in [-0.1, -0.05) is 6.92 Å². The molecule has 0 spiro atoms. The quantitative estimate of drug-likeness (QED) is 0.663. The molecule has 0 unspecified atom stereocenters. The van der Waals surface area contributed by atoms with Gasteiger partial charge in [0.15, 0.2) is 0 Å². The molecule has 0 radical (unpaired) electrons. The third-order valence-corrected chi connectivity index (χ3v) is 3.56. The van der Waals surface area contributed by atoms with Crippen molar-refractivity contribution in [3.63, 3.8) is 0 Å². The molecule has 0 bridgehead atoms. The third-order valence-electron chi connectivity index (χ3n) is 2.45. The van der Waals surface area contributed by atoms with Gasteiger partial charge in [-0.2, -0.15) is 8.42 Å². The van der Waals surface area contributed by atoms with Crippen molar-refractivity contribution in [1.29, 1.82) is 0 Å². The molecule has 0 aromatic rings. The summed E-state index contributed by atoms with van der Waals surface area (Å²) in [6, 6.07) is 0. The Morgan fingerprint density at radius 3 is 2.13 bits per heavy atom. The second-order valence-corrected chi connectivity index (χ2v) is 6.01. The molecule has 0 aliphatic rings. The lowest BCUT2D eigenvalue weighted by Gasteiger charge is -2.32. The maximum absolute atomic E-state index is 11.4. The molecule has 0 fully saturated rings. The Hall–Kier alpha value is -0.170. The van der Waals surface area contributed by atoms with E-state index in [0.717, 1.165) is 6.42 Å². The first-order valence-corrected chi connectivity index (χ1v) is 6.61. The van der Waals surface area contributed by atoms with Gasteiger partial charge in [-0.25, -0.2) is 9.44 Å². The minimum absolute atomic E-state index is 0.193. The molecule has 0 atom stereocenters. The highest BCUT2D eigenvalue weighted by Gasteiger charge is 2.22. The Morgan fingerprint density at radius 2 is 1.73 bits per heavy atom. The van der Waals surface area contributed by atoms with Crippen molar-refractivity contribution < 1.29 is 8.42 Å².